The highest BCUT2D eigenvalue weighted by Crippen LogP contribution is 2.13. The normalized spacial score (nSPS) is 12.8. The maximum absolute atomic E-state index is 11.7. The number of guanidine groups is 1. The lowest BCUT2D eigenvalue weighted by Gasteiger charge is -2.13. The van der Waals surface area contributed by atoms with E-state index in [0.717, 1.165) is 30.4 Å². The highest BCUT2D eigenvalue weighted by atomic mass is 32.1. The summed E-state index contributed by atoms with van der Waals surface area (Å²) in [4.78, 5) is 21.9. The minimum absolute atomic E-state index is 0.0650. The smallest absolute Gasteiger partial charge is 0.221 e. The highest BCUT2D eigenvalue weighted by Gasteiger charge is 2.06. The Bertz CT molecular complexity index is 500. The third kappa shape index (κ3) is 7.97. The molecule has 0 saturated heterocycles. The lowest BCUT2D eigenvalue weighted by atomic mass is 10.2. The van der Waals surface area contributed by atoms with Crippen molar-refractivity contribution in [1.29, 1.82) is 0 Å². The SMILES string of the molecule is CCNC(=NCc1ncc(CC)s1)NCCC(=O)NC(C)CC. The van der Waals surface area contributed by atoms with Crippen LogP contribution in [0.4, 0.5) is 0 Å². The number of aliphatic imine (C=N–C) groups is 1. The van der Waals surface area contributed by atoms with Gasteiger partial charge in [-0.1, -0.05) is 13.8 Å². The second-order valence-corrected chi connectivity index (χ2v) is 6.52. The van der Waals surface area contributed by atoms with Gasteiger partial charge in [-0.2, -0.15) is 0 Å². The molecule has 0 spiro atoms. The van der Waals surface area contributed by atoms with Crippen molar-refractivity contribution in [2.75, 3.05) is 13.1 Å². The average molecular weight is 340 g/mol. The summed E-state index contributed by atoms with van der Waals surface area (Å²) >= 11 is 1.69. The molecule has 130 valence electrons. The van der Waals surface area contributed by atoms with Gasteiger partial charge >= 0.3 is 0 Å². The van der Waals surface area contributed by atoms with E-state index in [9.17, 15) is 4.79 Å². The predicted molar refractivity (Wildman–Crippen MR) is 96.8 cm³/mol. The largest absolute Gasteiger partial charge is 0.357 e. The Balaban J connectivity index is 2.41. The van der Waals surface area contributed by atoms with Crippen LogP contribution in [0.25, 0.3) is 0 Å². The second kappa shape index (κ2) is 11.0. The van der Waals surface area contributed by atoms with Gasteiger partial charge in [0.15, 0.2) is 5.96 Å². The number of carbonyl (C=O) groups is 1. The van der Waals surface area contributed by atoms with E-state index in [1.807, 2.05) is 20.0 Å². The number of aromatic nitrogens is 1. The first-order valence-corrected chi connectivity index (χ1v) is 9.15. The zero-order chi connectivity index (χ0) is 17.1. The van der Waals surface area contributed by atoms with Crippen molar-refractivity contribution in [2.45, 2.75) is 59.5 Å². The fraction of sp³-hybridized carbons (Fsp3) is 0.688. The number of aryl methyl sites for hydroxylation is 1. The summed E-state index contributed by atoms with van der Waals surface area (Å²) < 4.78 is 0. The Morgan fingerprint density at radius 2 is 2.13 bits per heavy atom. The number of amides is 1. The zero-order valence-corrected chi connectivity index (χ0v) is 15.4. The van der Waals surface area contributed by atoms with Crippen LogP contribution < -0.4 is 16.0 Å². The summed E-state index contributed by atoms with van der Waals surface area (Å²) in [5, 5.41) is 10.3. The van der Waals surface area contributed by atoms with Crippen LogP contribution in [0, 0.1) is 0 Å². The van der Waals surface area contributed by atoms with Gasteiger partial charge < -0.3 is 16.0 Å². The van der Waals surface area contributed by atoms with Gasteiger partial charge in [-0.15, -0.1) is 11.3 Å². The molecule has 1 heterocycles. The second-order valence-electron chi connectivity index (χ2n) is 5.32. The lowest BCUT2D eigenvalue weighted by molar-refractivity contribution is -0.121. The van der Waals surface area contributed by atoms with E-state index in [4.69, 9.17) is 0 Å². The molecule has 3 N–H and O–H groups in total. The molecule has 7 heteroatoms. The minimum atomic E-state index is 0.0650. The molecule has 23 heavy (non-hydrogen) atoms. The van der Waals surface area contributed by atoms with Gasteiger partial charge in [0, 0.05) is 36.6 Å². The van der Waals surface area contributed by atoms with Crippen molar-refractivity contribution in [3.8, 4) is 0 Å². The standard InChI is InChI=1S/C16H29N5OS/c1-5-12(4)21-14(22)8-9-18-16(17-7-3)20-11-15-19-10-13(6-2)23-15/h10,12H,5-9,11H2,1-4H3,(H,21,22)(H2,17,18,20). The number of carbonyl (C=O) groups excluding carboxylic acids is 1. The molecule has 0 radical (unpaired) electrons. The van der Waals surface area contributed by atoms with Gasteiger partial charge in [-0.25, -0.2) is 9.98 Å². The molecule has 0 aliphatic heterocycles. The third-order valence-corrected chi connectivity index (χ3v) is 4.46. The predicted octanol–water partition coefficient (Wildman–Crippen LogP) is 2.07. The molecular weight excluding hydrogens is 310 g/mol. The Labute approximate surface area is 143 Å². The molecule has 1 atom stereocenters. The summed E-state index contributed by atoms with van der Waals surface area (Å²) in [6, 6.07) is 0.224. The van der Waals surface area contributed by atoms with Gasteiger partial charge in [0.2, 0.25) is 5.91 Å². The van der Waals surface area contributed by atoms with E-state index in [1.54, 1.807) is 11.3 Å². The number of thiazole rings is 1. The number of hydrogen-bond acceptors (Lipinski definition) is 4. The highest BCUT2D eigenvalue weighted by molar-refractivity contribution is 7.11. The molecule has 1 unspecified atom stereocenters. The number of rotatable bonds is 9. The molecule has 0 saturated carbocycles. The molecule has 0 aliphatic rings. The molecule has 0 aliphatic carbocycles. The van der Waals surface area contributed by atoms with Crippen molar-refractivity contribution in [1.82, 2.24) is 20.9 Å². The Kier molecular flexibility index (Phi) is 9.28. The van der Waals surface area contributed by atoms with Crippen molar-refractivity contribution in [2.24, 2.45) is 4.99 Å². The summed E-state index contributed by atoms with van der Waals surface area (Å²) in [5.74, 6) is 0.785. The van der Waals surface area contributed by atoms with Crippen LogP contribution in [-0.2, 0) is 17.8 Å². The first-order chi connectivity index (χ1) is 11.1. The third-order valence-electron chi connectivity index (χ3n) is 3.33. The summed E-state index contributed by atoms with van der Waals surface area (Å²) in [6.07, 6.45) is 4.29. The molecular formula is C16H29N5OS. The van der Waals surface area contributed by atoms with Gasteiger partial charge in [0.1, 0.15) is 5.01 Å². The van der Waals surface area contributed by atoms with Crippen LogP contribution in [0.2, 0.25) is 0 Å². The van der Waals surface area contributed by atoms with Gasteiger partial charge in [-0.05, 0) is 26.7 Å². The summed E-state index contributed by atoms with van der Waals surface area (Å²) in [7, 11) is 0. The van der Waals surface area contributed by atoms with Crippen molar-refractivity contribution in [3.63, 3.8) is 0 Å². The van der Waals surface area contributed by atoms with Crippen LogP contribution in [0.15, 0.2) is 11.2 Å². The molecule has 0 aromatic carbocycles. The quantitative estimate of drug-likeness (QED) is 0.475. The fourth-order valence-electron chi connectivity index (χ4n) is 1.82. The van der Waals surface area contributed by atoms with E-state index >= 15 is 0 Å². The monoisotopic (exact) mass is 339 g/mol. The Hall–Kier alpha value is -1.63. The molecule has 1 aromatic heterocycles. The fourth-order valence-corrected chi connectivity index (χ4v) is 2.60. The molecule has 1 amide bonds. The van der Waals surface area contributed by atoms with Crippen molar-refractivity contribution in [3.05, 3.63) is 16.1 Å². The van der Waals surface area contributed by atoms with E-state index in [0.29, 0.717) is 19.5 Å². The first kappa shape index (κ1) is 19.4. The Morgan fingerprint density at radius 1 is 1.35 bits per heavy atom. The Morgan fingerprint density at radius 3 is 2.74 bits per heavy atom. The maximum atomic E-state index is 11.7. The average Bonchev–Trinajstić information content (AvgIpc) is 3.00. The molecule has 1 rings (SSSR count). The van der Waals surface area contributed by atoms with Crippen LogP contribution in [0.1, 0.15) is 50.4 Å². The van der Waals surface area contributed by atoms with Gasteiger partial charge in [-0.3, -0.25) is 4.79 Å². The topological polar surface area (TPSA) is 78.4 Å². The summed E-state index contributed by atoms with van der Waals surface area (Å²) in [6.45, 7) is 10.1. The van der Waals surface area contributed by atoms with Crippen LogP contribution >= 0.6 is 11.3 Å². The molecule has 0 fully saturated rings. The molecule has 0 bridgehead atoms. The molecule has 1 aromatic rings. The van der Waals surface area contributed by atoms with E-state index < -0.39 is 0 Å². The zero-order valence-electron chi connectivity index (χ0n) is 14.6. The van der Waals surface area contributed by atoms with Crippen molar-refractivity contribution >= 4 is 23.2 Å². The van der Waals surface area contributed by atoms with E-state index in [2.05, 4.69) is 39.8 Å². The lowest BCUT2D eigenvalue weighted by Crippen LogP contribution is -2.40. The van der Waals surface area contributed by atoms with Crippen LogP contribution in [-0.4, -0.2) is 36.0 Å². The number of hydrogen-bond donors (Lipinski definition) is 3. The van der Waals surface area contributed by atoms with E-state index in [-0.39, 0.29) is 11.9 Å². The van der Waals surface area contributed by atoms with Crippen molar-refractivity contribution < 1.29 is 4.79 Å². The number of nitrogens with one attached hydrogen (secondary N) is 3. The van der Waals surface area contributed by atoms with Crippen LogP contribution in [0.5, 0.6) is 0 Å². The number of nitrogens with zero attached hydrogens (tertiary/aromatic N) is 2. The molecule has 6 nitrogen and oxygen atoms in total. The first-order valence-electron chi connectivity index (χ1n) is 8.34. The van der Waals surface area contributed by atoms with Crippen LogP contribution in [0.3, 0.4) is 0 Å². The maximum Gasteiger partial charge on any atom is 0.221 e. The summed E-state index contributed by atoms with van der Waals surface area (Å²) in [5.41, 5.74) is 0. The van der Waals surface area contributed by atoms with Gasteiger partial charge in [0.05, 0.1) is 6.54 Å². The minimum Gasteiger partial charge on any atom is -0.357 e. The van der Waals surface area contributed by atoms with Gasteiger partial charge in [0.25, 0.3) is 0 Å². The van der Waals surface area contributed by atoms with E-state index in [1.165, 1.54) is 4.88 Å².